The van der Waals surface area contributed by atoms with Crippen LogP contribution in [0.3, 0.4) is 0 Å². The molecular formula is C12H20N2O. The first-order valence-electron chi connectivity index (χ1n) is 5.66. The minimum Gasteiger partial charge on any atom is -0.388 e. The van der Waals surface area contributed by atoms with Crippen LogP contribution < -0.4 is 5.73 Å². The summed E-state index contributed by atoms with van der Waals surface area (Å²) in [5.74, 6) is 0.547. The summed E-state index contributed by atoms with van der Waals surface area (Å²) in [5, 5.41) is 10.1. The highest BCUT2D eigenvalue weighted by atomic mass is 16.3. The smallest absolute Gasteiger partial charge is 0.0812 e. The molecule has 3 nitrogen and oxygen atoms in total. The summed E-state index contributed by atoms with van der Waals surface area (Å²) in [5.41, 5.74) is 9.25. The Kier molecular flexibility index (Phi) is 2.85. The summed E-state index contributed by atoms with van der Waals surface area (Å²) < 4.78 is 2.15. The molecule has 1 aliphatic rings. The molecule has 1 heterocycles. The molecule has 1 aromatic rings. The fourth-order valence-electron chi connectivity index (χ4n) is 2.81. The van der Waals surface area contributed by atoms with Crippen LogP contribution in [0, 0.1) is 12.8 Å². The van der Waals surface area contributed by atoms with Crippen LogP contribution in [0.2, 0.25) is 0 Å². The summed E-state index contributed by atoms with van der Waals surface area (Å²) in [7, 11) is 2.06. The second-order valence-electron chi connectivity index (χ2n) is 4.68. The number of nitrogens with zero attached hydrogens (tertiary/aromatic N) is 1. The van der Waals surface area contributed by atoms with Crippen LogP contribution >= 0.6 is 0 Å². The van der Waals surface area contributed by atoms with E-state index in [2.05, 4.69) is 24.7 Å². The molecule has 1 aliphatic carbocycles. The molecule has 15 heavy (non-hydrogen) atoms. The standard InChI is InChI=1S/C12H20N2O/c1-8-7-14(2)10-5-9(3-4-13)6-11(15)12(8)10/h7,9,11,15H,3-6,13H2,1-2H3. The molecule has 0 bridgehead atoms. The van der Waals surface area contributed by atoms with E-state index in [1.807, 2.05) is 0 Å². The SMILES string of the molecule is Cc1cn(C)c2c1C(O)CC(CCN)C2. The van der Waals surface area contributed by atoms with E-state index in [4.69, 9.17) is 5.73 Å². The molecule has 0 radical (unpaired) electrons. The Morgan fingerprint density at radius 3 is 3.00 bits per heavy atom. The van der Waals surface area contributed by atoms with Crippen molar-refractivity contribution in [1.82, 2.24) is 4.57 Å². The Morgan fingerprint density at radius 2 is 2.33 bits per heavy atom. The fraction of sp³-hybridized carbons (Fsp3) is 0.667. The van der Waals surface area contributed by atoms with E-state index in [0.717, 1.165) is 31.4 Å². The predicted octanol–water partition coefficient (Wildman–Crippen LogP) is 1.28. The van der Waals surface area contributed by atoms with Gasteiger partial charge in [-0.1, -0.05) is 0 Å². The Balaban J connectivity index is 2.30. The summed E-state index contributed by atoms with van der Waals surface area (Å²) >= 11 is 0. The van der Waals surface area contributed by atoms with E-state index in [1.165, 1.54) is 11.3 Å². The maximum absolute atomic E-state index is 10.1. The molecule has 0 saturated carbocycles. The lowest BCUT2D eigenvalue weighted by atomic mass is 9.83. The maximum atomic E-state index is 10.1. The van der Waals surface area contributed by atoms with Gasteiger partial charge in [0.1, 0.15) is 0 Å². The number of nitrogens with two attached hydrogens (primary N) is 1. The Bertz CT molecular complexity index is 357. The molecule has 0 aromatic carbocycles. The van der Waals surface area contributed by atoms with Gasteiger partial charge in [0.05, 0.1) is 6.10 Å². The second kappa shape index (κ2) is 3.99. The minimum absolute atomic E-state index is 0.286. The number of rotatable bonds is 2. The lowest BCUT2D eigenvalue weighted by Gasteiger charge is -2.27. The van der Waals surface area contributed by atoms with Gasteiger partial charge in [-0.2, -0.15) is 0 Å². The quantitative estimate of drug-likeness (QED) is 0.769. The van der Waals surface area contributed by atoms with Gasteiger partial charge in [-0.3, -0.25) is 0 Å². The molecule has 2 unspecified atom stereocenters. The van der Waals surface area contributed by atoms with Crippen LogP contribution in [0.5, 0.6) is 0 Å². The van der Waals surface area contributed by atoms with Crippen LogP contribution in [0.1, 0.15) is 35.8 Å². The molecule has 1 aromatic heterocycles. The first-order valence-corrected chi connectivity index (χ1v) is 5.66. The van der Waals surface area contributed by atoms with Crippen molar-refractivity contribution in [2.75, 3.05) is 6.54 Å². The largest absolute Gasteiger partial charge is 0.388 e. The summed E-state index contributed by atoms with van der Waals surface area (Å²) in [4.78, 5) is 0. The van der Waals surface area contributed by atoms with E-state index in [0.29, 0.717) is 5.92 Å². The zero-order chi connectivity index (χ0) is 11.0. The third kappa shape index (κ3) is 1.82. The van der Waals surface area contributed by atoms with Gasteiger partial charge < -0.3 is 15.4 Å². The Labute approximate surface area is 90.9 Å². The normalized spacial score (nSPS) is 25.3. The average Bonchev–Trinajstić information content (AvgIpc) is 2.43. The summed E-state index contributed by atoms with van der Waals surface area (Å²) in [6, 6.07) is 0. The van der Waals surface area contributed by atoms with E-state index in [1.54, 1.807) is 0 Å². The zero-order valence-corrected chi connectivity index (χ0v) is 9.53. The van der Waals surface area contributed by atoms with E-state index < -0.39 is 0 Å². The van der Waals surface area contributed by atoms with Crippen molar-refractivity contribution in [1.29, 1.82) is 0 Å². The number of aryl methyl sites for hydroxylation is 2. The van der Waals surface area contributed by atoms with Crippen molar-refractivity contribution in [3.05, 3.63) is 23.0 Å². The third-order valence-electron chi connectivity index (χ3n) is 3.50. The number of hydrogen-bond acceptors (Lipinski definition) is 2. The number of aliphatic hydroxyl groups is 1. The van der Waals surface area contributed by atoms with Crippen molar-refractivity contribution >= 4 is 0 Å². The van der Waals surface area contributed by atoms with E-state index in [9.17, 15) is 5.11 Å². The van der Waals surface area contributed by atoms with E-state index >= 15 is 0 Å². The molecular weight excluding hydrogens is 188 g/mol. The summed E-state index contributed by atoms with van der Waals surface area (Å²) in [6.07, 6.45) is 4.77. The van der Waals surface area contributed by atoms with Gasteiger partial charge >= 0.3 is 0 Å². The first kappa shape index (κ1) is 10.7. The lowest BCUT2D eigenvalue weighted by molar-refractivity contribution is 0.128. The molecule has 0 fully saturated rings. The summed E-state index contributed by atoms with van der Waals surface area (Å²) in [6.45, 7) is 2.79. The molecule has 0 amide bonds. The highest BCUT2D eigenvalue weighted by Crippen LogP contribution is 2.36. The number of aliphatic hydroxyl groups excluding tert-OH is 1. The molecule has 84 valence electrons. The first-order chi connectivity index (χ1) is 7.13. The van der Waals surface area contributed by atoms with Crippen LogP contribution in [-0.4, -0.2) is 16.2 Å². The van der Waals surface area contributed by atoms with Crippen molar-refractivity contribution in [3.8, 4) is 0 Å². The van der Waals surface area contributed by atoms with Crippen LogP contribution in [0.4, 0.5) is 0 Å². The van der Waals surface area contributed by atoms with Crippen molar-refractivity contribution in [3.63, 3.8) is 0 Å². The van der Waals surface area contributed by atoms with Crippen LogP contribution in [-0.2, 0) is 13.5 Å². The van der Waals surface area contributed by atoms with Gasteiger partial charge in [-0.25, -0.2) is 0 Å². The Hall–Kier alpha value is -0.800. The molecule has 0 aliphatic heterocycles. The minimum atomic E-state index is -0.286. The molecule has 3 N–H and O–H groups in total. The van der Waals surface area contributed by atoms with Crippen molar-refractivity contribution in [2.45, 2.75) is 32.3 Å². The van der Waals surface area contributed by atoms with Crippen molar-refractivity contribution in [2.24, 2.45) is 18.7 Å². The van der Waals surface area contributed by atoms with E-state index in [-0.39, 0.29) is 6.10 Å². The monoisotopic (exact) mass is 208 g/mol. The number of fused-ring (bicyclic) bond motifs is 1. The van der Waals surface area contributed by atoms with Gasteiger partial charge in [0, 0.05) is 24.5 Å². The van der Waals surface area contributed by atoms with Crippen molar-refractivity contribution < 1.29 is 5.11 Å². The maximum Gasteiger partial charge on any atom is 0.0812 e. The number of aromatic nitrogens is 1. The second-order valence-corrected chi connectivity index (χ2v) is 4.68. The highest BCUT2D eigenvalue weighted by Gasteiger charge is 2.28. The van der Waals surface area contributed by atoms with Gasteiger partial charge in [0.15, 0.2) is 0 Å². The molecule has 2 atom stereocenters. The van der Waals surface area contributed by atoms with Gasteiger partial charge in [-0.15, -0.1) is 0 Å². The lowest BCUT2D eigenvalue weighted by Crippen LogP contribution is -2.22. The van der Waals surface area contributed by atoms with Crippen LogP contribution in [0.15, 0.2) is 6.20 Å². The topological polar surface area (TPSA) is 51.2 Å². The highest BCUT2D eigenvalue weighted by molar-refractivity contribution is 5.35. The fourth-order valence-corrected chi connectivity index (χ4v) is 2.81. The average molecular weight is 208 g/mol. The predicted molar refractivity (Wildman–Crippen MR) is 60.6 cm³/mol. The Morgan fingerprint density at radius 1 is 1.60 bits per heavy atom. The molecule has 2 rings (SSSR count). The van der Waals surface area contributed by atoms with Gasteiger partial charge in [-0.05, 0) is 44.2 Å². The number of hydrogen-bond donors (Lipinski definition) is 2. The third-order valence-corrected chi connectivity index (χ3v) is 3.50. The molecule has 0 spiro atoms. The molecule has 3 heteroatoms. The molecule has 0 saturated heterocycles. The van der Waals surface area contributed by atoms with Crippen LogP contribution in [0.25, 0.3) is 0 Å². The van der Waals surface area contributed by atoms with Gasteiger partial charge in [0.2, 0.25) is 0 Å². The van der Waals surface area contributed by atoms with Gasteiger partial charge in [0.25, 0.3) is 0 Å². The zero-order valence-electron chi connectivity index (χ0n) is 9.53.